The Morgan fingerprint density at radius 1 is 1.10 bits per heavy atom. The summed E-state index contributed by atoms with van der Waals surface area (Å²) in [6.45, 7) is 13.1. The van der Waals surface area contributed by atoms with Gasteiger partial charge >= 0.3 is 0 Å². The number of nitrogens with two attached hydrogens (primary N) is 1. The number of rotatable bonds is 2. The predicted molar refractivity (Wildman–Crippen MR) is 87.8 cm³/mol. The first kappa shape index (κ1) is 16.3. The van der Waals surface area contributed by atoms with Crippen LogP contribution in [0, 0.1) is 17.3 Å². The van der Waals surface area contributed by atoms with E-state index >= 15 is 0 Å². The lowest BCUT2D eigenvalue weighted by molar-refractivity contribution is 0.0373. The van der Waals surface area contributed by atoms with E-state index in [4.69, 9.17) is 5.73 Å². The van der Waals surface area contributed by atoms with Crippen molar-refractivity contribution in [1.29, 1.82) is 0 Å². The van der Waals surface area contributed by atoms with Gasteiger partial charge in [0.1, 0.15) is 0 Å². The molecule has 20 heavy (non-hydrogen) atoms. The molecule has 0 aromatic rings. The van der Waals surface area contributed by atoms with Crippen LogP contribution < -0.4 is 5.73 Å². The Hall–Kier alpha value is -0.0800. The van der Waals surface area contributed by atoms with Crippen molar-refractivity contribution >= 4 is 0 Å². The molecule has 0 spiro atoms. The van der Waals surface area contributed by atoms with E-state index in [1.807, 2.05) is 0 Å². The van der Waals surface area contributed by atoms with Gasteiger partial charge in [0.05, 0.1) is 0 Å². The molecule has 3 unspecified atom stereocenters. The van der Waals surface area contributed by atoms with Gasteiger partial charge in [0.25, 0.3) is 0 Å². The van der Waals surface area contributed by atoms with E-state index < -0.39 is 0 Å². The van der Waals surface area contributed by atoms with E-state index in [1.54, 1.807) is 0 Å². The molecule has 0 aromatic heterocycles. The first-order valence-electron chi connectivity index (χ1n) is 8.82. The molecule has 1 saturated carbocycles. The molecule has 2 heteroatoms. The molecule has 0 amide bonds. The maximum atomic E-state index is 6.30. The summed E-state index contributed by atoms with van der Waals surface area (Å²) < 4.78 is 0. The molecule has 1 heterocycles. The number of piperidine rings is 1. The monoisotopic (exact) mass is 280 g/mol. The van der Waals surface area contributed by atoms with E-state index in [0.717, 1.165) is 18.4 Å². The summed E-state index contributed by atoms with van der Waals surface area (Å²) in [7, 11) is 0. The minimum absolute atomic E-state index is 0.314. The van der Waals surface area contributed by atoms with Crippen molar-refractivity contribution in [3.8, 4) is 0 Å². The highest BCUT2D eigenvalue weighted by Crippen LogP contribution is 2.42. The van der Waals surface area contributed by atoms with Crippen molar-refractivity contribution in [2.45, 2.75) is 78.2 Å². The average Bonchev–Trinajstić information content (AvgIpc) is 2.61. The van der Waals surface area contributed by atoms with E-state index in [9.17, 15) is 0 Å². The maximum absolute atomic E-state index is 6.30. The second-order valence-corrected chi connectivity index (χ2v) is 8.62. The van der Waals surface area contributed by atoms with Crippen molar-refractivity contribution in [3.63, 3.8) is 0 Å². The van der Waals surface area contributed by atoms with Crippen LogP contribution in [0.2, 0.25) is 0 Å². The van der Waals surface area contributed by atoms with Gasteiger partial charge in [-0.25, -0.2) is 0 Å². The molecule has 1 saturated heterocycles. The van der Waals surface area contributed by atoms with Crippen LogP contribution >= 0.6 is 0 Å². The van der Waals surface area contributed by atoms with Gasteiger partial charge in [0.15, 0.2) is 0 Å². The first-order chi connectivity index (χ1) is 9.37. The topological polar surface area (TPSA) is 29.3 Å². The lowest BCUT2D eigenvalue weighted by atomic mass is 9.76. The van der Waals surface area contributed by atoms with Gasteiger partial charge in [0.2, 0.25) is 0 Å². The van der Waals surface area contributed by atoms with Crippen LogP contribution in [0.4, 0.5) is 0 Å². The summed E-state index contributed by atoms with van der Waals surface area (Å²) in [5, 5.41) is 0. The van der Waals surface area contributed by atoms with Crippen molar-refractivity contribution in [2.24, 2.45) is 23.0 Å². The Bertz CT molecular complexity index is 307. The van der Waals surface area contributed by atoms with Crippen LogP contribution in [0.15, 0.2) is 0 Å². The Balaban J connectivity index is 2.07. The zero-order valence-electron chi connectivity index (χ0n) is 14.3. The summed E-state index contributed by atoms with van der Waals surface area (Å²) in [5.74, 6) is 1.73. The highest BCUT2D eigenvalue weighted by Gasteiger charge is 2.40. The molecule has 1 aliphatic carbocycles. The number of likely N-dealkylation sites (tertiary alicyclic amines) is 1. The Kier molecular flexibility index (Phi) is 5.18. The largest absolute Gasteiger partial charge is 0.329 e. The molecular formula is C18H36N2. The molecular weight excluding hydrogens is 244 g/mol. The van der Waals surface area contributed by atoms with Gasteiger partial charge in [-0.3, -0.25) is 4.90 Å². The van der Waals surface area contributed by atoms with Gasteiger partial charge in [-0.05, 0) is 62.3 Å². The second kappa shape index (κ2) is 6.36. The van der Waals surface area contributed by atoms with Crippen molar-refractivity contribution in [3.05, 3.63) is 0 Å². The normalized spacial score (nSPS) is 37.6. The average molecular weight is 281 g/mol. The van der Waals surface area contributed by atoms with Gasteiger partial charge in [-0.1, -0.05) is 34.1 Å². The summed E-state index contributed by atoms with van der Waals surface area (Å²) in [5.41, 5.74) is 7.07. The molecule has 0 radical (unpaired) electrons. The molecule has 3 atom stereocenters. The molecule has 0 aromatic carbocycles. The molecule has 2 fully saturated rings. The minimum Gasteiger partial charge on any atom is -0.329 e. The fraction of sp³-hybridized carbons (Fsp3) is 1.00. The SMILES string of the molecule is CC1CCCN(C2(CN)CCCC(C(C)(C)C)CC2)C1. The molecule has 2 aliphatic rings. The number of hydrogen-bond acceptors (Lipinski definition) is 2. The molecule has 2 rings (SSSR count). The van der Waals surface area contributed by atoms with Gasteiger partial charge < -0.3 is 5.73 Å². The molecule has 2 N–H and O–H groups in total. The maximum Gasteiger partial charge on any atom is 0.0331 e. The van der Waals surface area contributed by atoms with E-state index in [1.165, 1.54) is 58.0 Å². The van der Waals surface area contributed by atoms with Crippen LogP contribution in [0.3, 0.4) is 0 Å². The predicted octanol–water partition coefficient (Wildman–Crippen LogP) is 4.04. The van der Waals surface area contributed by atoms with Crippen LogP contribution in [-0.2, 0) is 0 Å². The van der Waals surface area contributed by atoms with Crippen molar-refractivity contribution < 1.29 is 0 Å². The quantitative estimate of drug-likeness (QED) is 0.773. The second-order valence-electron chi connectivity index (χ2n) is 8.62. The third-order valence-corrected chi connectivity index (χ3v) is 6.09. The number of hydrogen-bond donors (Lipinski definition) is 1. The van der Waals surface area contributed by atoms with Crippen LogP contribution in [-0.4, -0.2) is 30.1 Å². The van der Waals surface area contributed by atoms with E-state index in [-0.39, 0.29) is 0 Å². The Morgan fingerprint density at radius 3 is 2.45 bits per heavy atom. The van der Waals surface area contributed by atoms with Gasteiger partial charge in [-0.2, -0.15) is 0 Å². The Labute approximate surface area is 126 Å². The third kappa shape index (κ3) is 3.57. The number of nitrogens with zero attached hydrogens (tertiary/aromatic N) is 1. The molecule has 0 bridgehead atoms. The highest BCUT2D eigenvalue weighted by molar-refractivity contribution is 4.97. The van der Waals surface area contributed by atoms with Crippen LogP contribution in [0.25, 0.3) is 0 Å². The smallest absolute Gasteiger partial charge is 0.0331 e. The minimum atomic E-state index is 0.314. The van der Waals surface area contributed by atoms with Gasteiger partial charge in [0, 0.05) is 18.6 Å². The summed E-state index contributed by atoms with van der Waals surface area (Å²) >= 11 is 0. The first-order valence-corrected chi connectivity index (χ1v) is 8.82. The fourth-order valence-electron chi connectivity index (χ4n) is 4.53. The highest BCUT2D eigenvalue weighted by atomic mass is 15.2. The lowest BCUT2D eigenvalue weighted by Gasteiger charge is -2.47. The fourth-order valence-corrected chi connectivity index (χ4v) is 4.53. The summed E-state index contributed by atoms with van der Waals surface area (Å²) in [6, 6.07) is 0. The summed E-state index contributed by atoms with van der Waals surface area (Å²) in [6.07, 6.45) is 9.54. The zero-order chi connectivity index (χ0) is 14.8. The van der Waals surface area contributed by atoms with Crippen LogP contribution in [0.5, 0.6) is 0 Å². The third-order valence-electron chi connectivity index (χ3n) is 6.09. The lowest BCUT2D eigenvalue weighted by Crippen LogP contribution is -2.56. The Morgan fingerprint density at radius 2 is 1.85 bits per heavy atom. The standard InChI is InChI=1S/C18H36N2/c1-15-7-6-12-20(13-15)18(14-19)10-5-8-16(9-11-18)17(2,3)4/h15-16H,5-14,19H2,1-4H3. The van der Waals surface area contributed by atoms with E-state index in [2.05, 4.69) is 32.6 Å². The molecule has 118 valence electrons. The molecule has 2 nitrogen and oxygen atoms in total. The van der Waals surface area contributed by atoms with Gasteiger partial charge in [-0.15, -0.1) is 0 Å². The van der Waals surface area contributed by atoms with Crippen molar-refractivity contribution in [1.82, 2.24) is 4.90 Å². The van der Waals surface area contributed by atoms with Crippen molar-refractivity contribution in [2.75, 3.05) is 19.6 Å². The van der Waals surface area contributed by atoms with E-state index in [0.29, 0.717) is 11.0 Å². The zero-order valence-corrected chi connectivity index (χ0v) is 14.3. The molecule has 1 aliphatic heterocycles. The van der Waals surface area contributed by atoms with Crippen LogP contribution in [0.1, 0.15) is 72.6 Å². The summed E-state index contributed by atoms with van der Waals surface area (Å²) in [4.78, 5) is 2.77.